The molecule has 1 aromatic rings. The van der Waals surface area contributed by atoms with Crippen LogP contribution < -0.4 is 5.32 Å². The molecule has 1 N–H and O–H groups in total. The maximum Gasteiger partial charge on any atom is 0.417 e. The summed E-state index contributed by atoms with van der Waals surface area (Å²) in [6.45, 7) is 2.47. The van der Waals surface area contributed by atoms with Crippen LogP contribution in [-0.2, 0) is 15.8 Å². The van der Waals surface area contributed by atoms with Gasteiger partial charge in [0, 0.05) is 25.6 Å². The Kier molecular flexibility index (Phi) is 7.36. The molecule has 0 bridgehead atoms. The number of hydrogen-bond donors (Lipinski definition) is 1. The van der Waals surface area contributed by atoms with Crippen molar-refractivity contribution >= 4 is 11.7 Å². The van der Waals surface area contributed by atoms with Crippen LogP contribution in [0.5, 0.6) is 0 Å². The zero-order valence-electron chi connectivity index (χ0n) is 13.2. The summed E-state index contributed by atoms with van der Waals surface area (Å²) in [4.78, 5) is 27.0. The Morgan fingerprint density at radius 3 is 2.54 bits per heavy atom. The molecule has 24 heavy (non-hydrogen) atoms. The molecular weight excluding hydrogens is 323 g/mol. The molecule has 0 aliphatic rings. The summed E-state index contributed by atoms with van der Waals surface area (Å²) >= 11 is 0. The topological polar surface area (TPSA) is 82.9 Å². The molecule has 0 fully saturated rings. The molecule has 0 radical (unpaired) electrons. The molecule has 8 heteroatoms. The van der Waals surface area contributed by atoms with Gasteiger partial charge < -0.3 is 5.32 Å². The van der Waals surface area contributed by atoms with Gasteiger partial charge in [0.1, 0.15) is 5.92 Å². The lowest BCUT2D eigenvalue weighted by atomic mass is 9.96. The molecule has 1 rings (SSSR count). The second kappa shape index (κ2) is 9.01. The number of Topliss-reactive ketones (excluding diaryl/α,β-unsaturated/α-hetero) is 1. The summed E-state index contributed by atoms with van der Waals surface area (Å²) < 4.78 is 37.4. The quantitative estimate of drug-likeness (QED) is 0.788. The first-order valence-corrected chi connectivity index (χ1v) is 7.51. The number of hydrogen-bond acceptors (Lipinski definition) is 4. The molecule has 0 aromatic carbocycles. The van der Waals surface area contributed by atoms with Crippen LogP contribution in [0.1, 0.15) is 49.8 Å². The smallest absolute Gasteiger partial charge is 0.356 e. The molecule has 130 valence electrons. The third-order valence-corrected chi connectivity index (χ3v) is 3.26. The molecule has 1 aromatic heterocycles. The minimum absolute atomic E-state index is 0.0134. The third kappa shape index (κ3) is 5.99. The highest BCUT2D eigenvalue weighted by molar-refractivity contribution is 5.88. The Labute approximate surface area is 137 Å². The summed E-state index contributed by atoms with van der Waals surface area (Å²) in [5.74, 6) is -1.87. The van der Waals surface area contributed by atoms with Crippen LogP contribution in [0.2, 0.25) is 0 Å². The number of rotatable bonds is 8. The number of carbonyl (C=O) groups excluding carboxylic acids is 2. The number of nitriles is 1. The van der Waals surface area contributed by atoms with Gasteiger partial charge in [-0.3, -0.25) is 14.6 Å². The van der Waals surface area contributed by atoms with E-state index in [0.29, 0.717) is 12.7 Å². The molecule has 0 spiro atoms. The van der Waals surface area contributed by atoms with E-state index in [1.807, 2.05) is 6.92 Å². The monoisotopic (exact) mass is 341 g/mol. The van der Waals surface area contributed by atoms with Crippen molar-refractivity contribution in [1.29, 1.82) is 5.26 Å². The van der Waals surface area contributed by atoms with Gasteiger partial charge in [0.2, 0.25) is 5.91 Å². The Morgan fingerprint density at radius 1 is 1.33 bits per heavy atom. The molecule has 1 heterocycles. The fourth-order valence-corrected chi connectivity index (χ4v) is 1.97. The van der Waals surface area contributed by atoms with Crippen molar-refractivity contribution < 1.29 is 22.8 Å². The fraction of sp³-hybridized carbons (Fsp3) is 0.500. The zero-order valence-corrected chi connectivity index (χ0v) is 13.2. The minimum atomic E-state index is -4.52. The number of carbonyl (C=O) groups is 2. The lowest BCUT2D eigenvalue weighted by Crippen LogP contribution is -2.24. The number of nitrogens with one attached hydrogen (secondary N) is 1. The minimum Gasteiger partial charge on any atom is -0.356 e. The zero-order chi connectivity index (χ0) is 18.2. The van der Waals surface area contributed by atoms with Gasteiger partial charge in [0.15, 0.2) is 5.78 Å². The number of aromatic nitrogens is 1. The predicted molar refractivity (Wildman–Crippen MR) is 79.8 cm³/mol. The second-order valence-corrected chi connectivity index (χ2v) is 5.20. The highest BCUT2D eigenvalue weighted by atomic mass is 19.4. The number of pyridine rings is 1. The number of amides is 1. The molecule has 0 saturated heterocycles. The molecule has 0 saturated carbocycles. The van der Waals surface area contributed by atoms with Gasteiger partial charge in [0.05, 0.1) is 17.3 Å². The van der Waals surface area contributed by atoms with Crippen LogP contribution in [-0.4, -0.2) is 23.2 Å². The SMILES string of the molecule is CCCNC(=O)CCCC(=O)[C@@H](C#N)c1ccc(C(F)(F)F)cn1. The lowest BCUT2D eigenvalue weighted by Gasteiger charge is -2.10. The van der Waals surface area contributed by atoms with E-state index in [-0.39, 0.29) is 30.9 Å². The number of ketones is 1. The first-order valence-electron chi connectivity index (χ1n) is 7.51. The van der Waals surface area contributed by atoms with Gasteiger partial charge in [-0.2, -0.15) is 18.4 Å². The van der Waals surface area contributed by atoms with Gasteiger partial charge in [-0.15, -0.1) is 0 Å². The van der Waals surface area contributed by atoms with E-state index in [2.05, 4.69) is 10.3 Å². The van der Waals surface area contributed by atoms with Gasteiger partial charge >= 0.3 is 6.18 Å². The summed E-state index contributed by atoms with van der Waals surface area (Å²) in [5, 5.41) is 11.8. The van der Waals surface area contributed by atoms with Crippen LogP contribution in [0.15, 0.2) is 18.3 Å². The molecule has 1 atom stereocenters. The highest BCUT2D eigenvalue weighted by Gasteiger charge is 2.31. The van der Waals surface area contributed by atoms with Crippen molar-refractivity contribution in [2.45, 2.75) is 44.7 Å². The van der Waals surface area contributed by atoms with Gasteiger partial charge in [0.25, 0.3) is 0 Å². The van der Waals surface area contributed by atoms with Gasteiger partial charge in [-0.1, -0.05) is 6.92 Å². The van der Waals surface area contributed by atoms with Crippen LogP contribution in [0, 0.1) is 11.3 Å². The Bertz CT molecular complexity index is 606. The summed E-state index contributed by atoms with van der Waals surface area (Å²) in [7, 11) is 0. The van der Waals surface area contributed by atoms with Crippen molar-refractivity contribution in [3.63, 3.8) is 0 Å². The van der Waals surface area contributed by atoms with E-state index < -0.39 is 23.4 Å². The molecule has 0 aliphatic carbocycles. The van der Waals surface area contributed by atoms with Crippen LogP contribution in [0.4, 0.5) is 13.2 Å². The van der Waals surface area contributed by atoms with Gasteiger partial charge in [-0.25, -0.2) is 0 Å². The third-order valence-electron chi connectivity index (χ3n) is 3.26. The number of halogens is 3. The predicted octanol–water partition coefficient (Wildman–Crippen LogP) is 2.97. The van der Waals surface area contributed by atoms with Crippen molar-refractivity contribution in [3.8, 4) is 6.07 Å². The summed E-state index contributed by atoms with van der Waals surface area (Å²) in [6.07, 6.45) is -2.70. The van der Waals surface area contributed by atoms with Gasteiger partial charge in [-0.05, 0) is 25.0 Å². The largest absolute Gasteiger partial charge is 0.417 e. The summed E-state index contributed by atoms with van der Waals surface area (Å²) in [6, 6.07) is 3.58. The number of nitrogens with zero attached hydrogens (tertiary/aromatic N) is 2. The second-order valence-electron chi connectivity index (χ2n) is 5.20. The molecular formula is C16H18F3N3O2. The van der Waals surface area contributed by atoms with Crippen molar-refractivity contribution in [2.75, 3.05) is 6.54 Å². The lowest BCUT2D eigenvalue weighted by molar-refractivity contribution is -0.137. The fourth-order valence-electron chi connectivity index (χ4n) is 1.97. The van der Waals surface area contributed by atoms with E-state index in [9.17, 15) is 22.8 Å². The van der Waals surface area contributed by atoms with E-state index >= 15 is 0 Å². The molecule has 0 aliphatic heterocycles. The highest BCUT2D eigenvalue weighted by Crippen LogP contribution is 2.29. The van der Waals surface area contributed by atoms with Crippen molar-refractivity contribution in [1.82, 2.24) is 10.3 Å². The van der Waals surface area contributed by atoms with Crippen molar-refractivity contribution in [2.24, 2.45) is 0 Å². The first kappa shape index (κ1) is 19.6. The van der Waals surface area contributed by atoms with Crippen molar-refractivity contribution in [3.05, 3.63) is 29.6 Å². The maximum absolute atomic E-state index is 12.5. The Morgan fingerprint density at radius 2 is 2.04 bits per heavy atom. The average Bonchev–Trinajstić information content (AvgIpc) is 2.53. The molecule has 1 amide bonds. The molecule has 5 nitrogen and oxygen atoms in total. The Hall–Kier alpha value is -2.43. The molecule has 0 unspecified atom stereocenters. The average molecular weight is 341 g/mol. The Balaban J connectivity index is 2.61. The van der Waals surface area contributed by atoms with Crippen LogP contribution in [0.3, 0.4) is 0 Å². The number of alkyl halides is 3. The normalized spacial score (nSPS) is 12.3. The first-order chi connectivity index (χ1) is 11.3. The van der Waals surface area contributed by atoms with E-state index in [0.717, 1.165) is 18.6 Å². The summed E-state index contributed by atoms with van der Waals surface area (Å²) in [5.41, 5.74) is -0.964. The standard InChI is InChI=1S/C16H18F3N3O2/c1-2-8-21-15(24)5-3-4-14(23)12(9-20)13-7-6-11(10-22-13)16(17,18)19/h6-7,10,12H,2-5,8H2,1H3,(H,21,24)/t12-/m0/s1. The van der Waals surface area contributed by atoms with E-state index in [4.69, 9.17) is 5.26 Å². The maximum atomic E-state index is 12.5. The van der Waals surface area contributed by atoms with E-state index in [1.165, 1.54) is 0 Å². The van der Waals surface area contributed by atoms with E-state index in [1.54, 1.807) is 6.07 Å². The van der Waals surface area contributed by atoms with Crippen LogP contribution >= 0.6 is 0 Å². The van der Waals surface area contributed by atoms with Crippen LogP contribution in [0.25, 0.3) is 0 Å².